The number of alkyl halides is 3. The van der Waals surface area contributed by atoms with Crippen LogP contribution in [0.2, 0.25) is 0 Å². The van der Waals surface area contributed by atoms with Gasteiger partial charge in [0.1, 0.15) is 0 Å². The van der Waals surface area contributed by atoms with Crippen LogP contribution < -0.4 is 0 Å². The molecule has 0 heterocycles. The van der Waals surface area contributed by atoms with Crippen LogP contribution in [0.3, 0.4) is 0 Å². The van der Waals surface area contributed by atoms with Gasteiger partial charge in [0.25, 0.3) is 0 Å². The van der Waals surface area contributed by atoms with Gasteiger partial charge in [-0.1, -0.05) is 42.0 Å². The molecule has 0 N–H and O–H groups in total. The van der Waals surface area contributed by atoms with Crippen molar-refractivity contribution in [2.45, 2.75) is 21.4 Å². The Labute approximate surface area is 111 Å². The molecule has 1 aromatic rings. The largest absolute Gasteiger partial charge is 0.251 e. The van der Waals surface area contributed by atoms with Crippen LogP contribution >= 0.6 is 11.6 Å². The molecule has 0 amide bonds. The fourth-order valence-corrected chi connectivity index (χ4v) is 4.83. The Morgan fingerprint density at radius 3 is 2.33 bits per heavy atom. The van der Waals surface area contributed by atoms with Gasteiger partial charge in [-0.25, -0.2) is 8.78 Å². The van der Waals surface area contributed by atoms with E-state index in [1.807, 2.05) is 0 Å². The van der Waals surface area contributed by atoms with E-state index in [0.717, 1.165) is 0 Å². The second-order valence-electron chi connectivity index (χ2n) is 4.68. The van der Waals surface area contributed by atoms with Crippen LogP contribution in [0.1, 0.15) is 6.42 Å². The molecule has 0 aromatic heterocycles. The fourth-order valence-electron chi connectivity index (χ4n) is 2.72. The molecule has 5 atom stereocenters. The molecule has 2 aliphatic rings. The monoisotopic (exact) mass is 288 g/mol. The minimum absolute atomic E-state index is 0.267. The summed E-state index contributed by atoms with van der Waals surface area (Å²) in [5, 5.41) is -5.14. The van der Waals surface area contributed by atoms with Gasteiger partial charge < -0.3 is 0 Å². The highest BCUT2D eigenvalue weighted by atomic mass is 35.5. The highest BCUT2D eigenvalue weighted by molar-refractivity contribution is 7.86. The van der Waals surface area contributed by atoms with Crippen molar-refractivity contribution < 1.29 is 13.0 Å². The molecular weight excluding hydrogens is 278 g/mol. The average molecular weight is 289 g/mol. The van der Waals surface area contributed by atoms with Crippen molar-refractivity contribution >= 4 is 22.4 Å². The minimum atomic E-state index is -2.59. The molecular formula is C13H11ClF2OS. The Morgan fingerprint density at radius 1 is 1.17 bits per heavy atom. The molecule has 3 rings (SSSR count). The maximum absolute atomic E-state index is 15.0. The van der Waals surface area contributed by atoms with E-state index in [1.165, 1.54) is 12.1 Å². The Morgan fingerprint density at radius 2 is 1.78 bits per heavy atom. The third kappa shape index (κ3) is 1.39. The Bertz CT molecular complexity index is 531. The lowest BCUT2D eigenvalue weighted by Gasteiger charge is -2.34. The van der Waals surface area contributed by atoms with Crippen molar-refractivity contribution in [3.63, 3.8) is 0 Å². The molecule has 0 spiro atoms. The molecule has 96 valence electrons. The third-order valence-electron chi connectivity index (χ3n) is 3.71. The van der Waals surface area contributed by atoms with Gasteiger partial charge in [0.15, 0.2) is 0 Å². The van der Waals surface area contributed by atoms with Gasteiger partial charge >= 0.3 is 0 Å². The summed E-state index contributed by atoms with van der Waals surface area (Å²) in [7, 11) is -2.12. The van der Waals surface area contributed by atoms with Crippen molar-refractivity contribution in [3.8, 4) is 0 Å². The number of hydrogen-bond donors (Lipinski definition) is 0. The Balaban J connectivity index is 2.06. The molecule has 0 aliphatic heterocycles. The van der Waals surface area contributed by atoms with E-state index < -0.39 is 32.8 Å². The predicted molar refractivity (Wildman–Crippen MR) is 67.1 cm³/mol. The highest BCUT2D eigenvalue weighted by Crippen LogP contribution is 2.61. The summed E-state index contributed by atoms with van der Waals surface area (Å²) in [5.74, 6) is -1.41. The number of fused-ring (bicyclic) bond motifs is 2. The number of benzene rings is 1. The van der Waals surface area contributed by atoms with Crippen LogP contribution in [0.4, 0.5) is 8.78 Å². The summed E-state index contributed by atoms with van der Waals surface area (Å²) in [6, 6.07) is 8.08. The van der Waals surface area contributed by atoms with Crippen molar-refractivity contribution in [1.29, 1.82) is 0 Å². The number of allylic oxidation sites excluding steroid dienone is 2. The predicted octanol–water partition coefficient (Wildman–Crippen LogP) is 3.57. The zero-order valence-corrected chi connectivity index (χ0v) is 10.9. The van der Waals surface area contributed by atoms with Crippen LogP contribution in [0.25, 0.3) is 0 Å². The molecule has 1 nitrogen and oxygen atoms in total. The normalized spacial score (nSPS) is 43.3. The van der Waals surface area contributed by atoms with E-state index in [0.29, 0.717) is 0 Å². The summed E-state index contributed by atoms with van der Waals surface area (Å²) in [6.45, 7) is 0. The van der Waals surface area contributed by atoms with Crippen molar-refractivity contribution in [2.24, 2.45) is 11.8 Å². The van der Waals surface area contributed by atoms with E-state index >= 15 is 4.39 Å². The van der Waals surface area contributed by atoms with E-state index in [4.69, 9.17) is 11.6 Å². The quantitative estimate of drug-likeness (QED) is 0.601. The first-order valence-corrected chi connectivity index (χ1v) is 7.22. The van der Waals surface area contributed by atoms with E-state index in [1.54, 1.807) is 30.4 Å². The molecule has 1 aromatic carbocycles. The van der Waals surface area contributed by atoms with Crippen LogP contribution in [-0.4, -0.2) is 14.3 Å². The van der Waals surface area contributed by atoms with Gasteiger partial charge in [-0.15, -0.1) is 0 Å². The van der Waals surface area contributed by atoms with Crippen molar-refractivity contribution in [2.75, 3.05) is 0 Å². The zero-order chi connectivity index (χ0) is 13.0. The smallest absolute Gasteiger partial charge is 0.243 e. The summed E-state index contributed by atoms with van der Waals surface area (Å²) in [4.78, 5) is 0.267. The van der Waals surface area contributed by atoms with E-state index in [-0.39, 0.29) is 11.3 Å². The maximum atomic E-state index is 15.0. The topological polar surface area (TPSA) is 17.1 Å². The van der Waals surface area contributed by atoms with E-state index in [2.05, 4.69) is 0 Å². The van der Waals surface area contributed by atoms with Crippen LogP contribution in [0.5, 0.6) is 0 Å². The van der Waals surface area contributed by atoms with Gasteiger partial charge in [-0.3, -0.25) is 4.21 Å². The Kier molecular flexibility index (Phi) is 2.65. The van der Waals surface area contributed by atoms with Gasteiger partial charge in [-0.05, 0) is 18.6 Å². The summed E-state index contributed by atoms with van der Waals surface area (Å²) >= 11 is 5.73. The molecule has 1 unspecified atom stereocenters. The van der Waals surface area contributed by atoms with Gasteiger partial charge in [-0.2, -0.15) is 0 Å². The number of hydrogen-bond acceptors (Lipinski definition) is 1. The Hall–Kier alpha value is -0.740. The molecule has 5 heteroatoms. The molecule has 2 aliphatic carbocycles. The third-order valence-corrected chi connectivity index (χ3v) is 6.21. The molecule has 2 bridgehead atoms. The summed E-state index contributed by atoms with van der Waals surface area (Å²) < 4.78 is 41.8. The van der Waals surface area contributed by atoms with Gasteiger partial charge in [0.2, 0.25) is 10.1 Å². The number of rotatable bonds is 2. The lowest BCUT2D eigenvalue weighted by atomic mass is 10.0. The summed E-state index contributed by atoms with van der Waals surface area (Å²) in [6.07, 6.45) is 3.46. The average Bonchev–Trinajstić information content (AvgIpc) is 2.93. The number of halogens is 3. The molecule has 18 heavy (non-hydrogen) atoms. The van der Waals surface area contributed by atoms with Crippen LogP contribution in [0, 0.1) is 11.8 Å². The van der Waals surface area contributed by atoms with Gasteiger partial charge in [0.05, 0.1) is 10.8 Å². The minimum Gasteiger partial charge on any atom is -0.251 e. The standard InChI is InChI=1S/C13H11ClF2OS/c14-12(15)9-6-7-10(8-9)13(12,16)18(17)11-4-2-1-3-5-11/h1-7,9-10H,8H2/t9-,10+,12+,13+,18?/m1/s1. The molecule has 0 radical (unpaired) electrons. The molecule has 1 saturated carbocycles. The first kappa shape index (κ1) is 12.3. The van der Waals surface area contributed by atoms with Crippen molar-refractivity contribution in [1.82, 2.24) is 0 Å². The van der Waals surface area contributed by atoms with E-state index in [9.17, 15) is 8.60 Å². The fraction of sp³-hybridized carbons (Fsp3) is 0.385. The summed E-state index contributed by atoms with van der Waals surface area (Å²) in [5.41, 5.74) is 0. The second-order valence-corrected chi connectivity index (χ2v) is 6.84. The highest BCUT2D eigenvalue weighted by Gasteiger charge is 2.71. The van der Waals surface area contributed by atoms with Gasteiger partial charge in [0, 0.05) is 16.7 Å². The first-order chi connectivity index (χ1) is 8.48. The second kappa shape index (κ2) is 3.87. The lowest BCUT2D eigenvalue weighted by molar-refractivity contribution is 0.0837. The van der Waals surface area contributed by atoms with Crippen molar-refractivity contribution in [3.05, 3.63) is 42.5 Å². The van der Waals surface area contributed by atoms with Crippen LogP contribution in [-0.2, 0) is 10.8 Å². The first-order valence-electron chi connectivity index (χ1n) is 5.70. The van der Waals surface area contributed by atoms with Crippen LogP contribution in [0.15, 0.2) is 47.4 Å². The molecule has 1 fully saturated rings. The SMILES string of the molecule is O=S(c1ccccc1)[C@@]1(F)[C@H]2C=C[C@H](C2)[C@@]1(F)Cl. The maximum Gasteiger partial charge on any atom is 0.243 e. The molecule has 0 saturated heterocycles. The zero-order valence-electron chi connectivity index (χ0n) is 9.35. The lowest BCUT2D eigenvalue weighted by Crippen LogP contribution is -2.50.